The maximum Gasteiger partial charge on any atom is 0.220 e. The third-order valence-electron chi connectivity index (χ3n) is 13.8. The molecule has 2 saturated heterocycles. The zero-order valence-corrected chi connectivity index (χ0v) is 46.3. The van der Waals surface area contributed by atoms with E-state index in [1.54, 1.807) is 6.08 Å². The van der Waals surface area contributed by atoms with Crippen molar-refractivity contribution in [2.24, 2.45) is 0 Å². The molecule has 0 aromatic carbocycles. The normalized spacial score (nSPS) is 25.7. The van der Waals surface area contributed by atoms with Gasteiger partial charge >= 0.3 is 0 Å². The number of hydrogen-bond acceptors (Lipinski definition) is 13. The smallest absolute Gasteiger partial charge is 0.220 e. The summed E-state index contributed by atoms with van der Waals surface area (Å²) in [5.41, 5.74) is 0. The van der Waals surface area contributed by atoms with E-state index in [0.29, 0.717) is 12.8 Å². The molecule has 75 heavy (non-hydrogen) atoms. The van der Waals surface area contributed by atoms with Crippen LogP contribution in [0.3, 0.4) is 0 Å². The van der Waals surface area contributed by atoms with Gasteiger partial charge in [0.05, 0.1) is 32.0 Å². The van der Waals surface area contributed by atoms with E-state index in [2.05, 4.69) is 92.1 Å². The van der Waals surface area contributed by atoms with Crippen LogP contribution in [0.5, 0.6) is 0 Å². The Balaban J connectivity index is 1.81. The first-order valence-corrected chi connectivity index (χ1v) is 29.3. The lowest BCUT2D eigenvalue weighted by atomic mass is 9.97. The highest BCUT2D eigenvalue weighted by molar-refractivity contribution is 5.76. The summed E-state index contributed by atoms with van der Waals surface area (Å²) in [6.07, 6.45) is 44.8. The molecule has 2 fully saturated rings. The van der Waals surface area contributed by atoms with Crippen molar-refractivity contribution in [1.82, 2.24) is 5.32 Å². The first-order valence-electron chi connectivity index (χ1n) is 29.3. The SMILES string of the molecule is CC/C=C\C/C=C\C/C=C\C/C=C\CCCCCCC(=O)NC(COC1OC(CO)C(OC2OC(CO)C(O)C(O)C2O)C(O)C1O)C(O)/C=C/CC/C=C/CC/C=C/CCCCCCCCCCCCCCCC. The Morgan fingerprint density at radius 1 is 0.493 bits per heavy atom. The molecule has 0 bridgehead atoms. The quantitative estimate of drug-likeness (QED) is 0.0205. The maximum absolute atomic E-state index is 13.2. The van der Waals surface area contributed by atoms with Crippen LogP contribution in [0.4, 0.5) is 0 Å². The molecule has 14 nitrogen and oxygen atoms in total. The van der Waals surface area contributed by atoms with Crippen LogP contribution in [0.1, 0.15) is 200 Å². The van der Waals surface area contributed by atoms with Crippen LogP contribution < -0.4 is 5.32 Å². The second-order valence-corrected chi connectivity index (χ2v) is 20.4. The summed E-state index contributed by atoms with van der Waals surface area (Å²) in [5, 5.41) is 87.0. The molecule has 12 unspecified atom stereocenters. The third-order valence-corrected chi connectivity index (χ3v) is 13.8. The Bertz CT molecular complexity index is 1580. The Morgan fingerprint density at radius 3 is 1.47 bits per heavy atom. The third kappa shape index (κ3) is 32.0. The molecule has 2 rings (SSSR count). The van der Waals surface area contributed by atoms with Crippen LogP contribution in [0.25, 0.3) is 0 Å². The number of nitrogens with one attached hydrogen (secondary N) is 1. The number of unbranched alkanes of at least 4 members (excludes halogenated alkanes) is 20. The van der Waals surface area contributed by atoms with Crippen LogP contribution in [0, 0.1) is 0 Å². The zero-order chi connectivity index (χ0) is 54.6. The molecule has 2 heterocycles. The summed E-state index contributed by atoms with van der Waals surface area (Å²) in [7, 11) is 0. The first-order chi connectivity index (χ1) is 36.6. The predicted molar refractivity (Wildman–Crippen MR) is 300 cm³/mol. The average Bonchev–Trinajstić information content (AvgIpc) is 3.41. The molecule has 0 aromatic rings. The average molecular weight is 1060 g/mol. The van der Waals surface area contributed by atoms with Crippen LogP contribution in [0.2, 0.25) is 0 Å². The highest BCUT2D eigenvalue weighted by Gasteiger charge is 2.51. The Hall–Kier alpha value is -2.83. The molecule has 0 spiro atoms. The van der Waals surface area contributed by atoms with Gasteiger partial charge in [-0.05, 0) is 83.5 Å². The maximum atomic E-state index is 13.2. The molecule has 0 saturated carbocycles. The number of carbonyl (C=O) groups is 1. The van der Waals surface area contributed by atoms with Gasteiger partial charge in [0.15, 0.2) is 12.6 Å². The van der Waals surface area contributed by atoms with E-state index >= 15 is 0 Å². The molecule has 432 valence electrons. The van der Waals surface area contributed by atoms with Gasteiger partial charge in [-0.2, -0.15) is 0 Å². The van der Waals surface area contributed by atoms with E-state index < -0.39 is 86.8 Å². The molecule has 2 aliphatic heterocycles. The van der Waals surface area contributed by atoms with Crippen molar-refractivity contribution >= 4 is 5.91 Å². The van der Waals surface area contributed by atoms with Crippen molar-refractivity contribution in [3.63, 3.8) is 0 Å². The van der Waals surface area contributed by atoms with Crippen LogP contribution in [0.15, 0.2) is 85.1 Å². The summed E-state index contributed by atoms with van der Waals surface area (Å²) in [5.74, 6) is -0.280. The summed E-state index contributed by atoms with van der Waals surface area (Å²) >= 11 is 0. The first kappa shape index (κ1) is 68.3. The molecule has 14 heteroatoms. The minimum absolute atomic E-state index is 0.237. The minimum Gasteiger partial charge on any atom is -0.394 e. The van der Waals surface area contributed by atoms with Gasteiger partial charge in [-0.1, -0.05) is 195 Å². The number of aliphatic hydroxyl groups is 8. The van der Waals surface area contributed by atoms with E-state index in [1.165, 1.54) is 89.9 Å². The lowest BCUT2D eigenvalue weighted by Gasteiger charge is -2.46. The lowest BCUT2D eigenvalue weighted by molar-refractivity contribution is -0.359. The standard InChI is InChI=1S/C61H105NO13/c1-3-5-7-9-11-13-15-17-19-21-22-23-24-25-26-27-29-30-32-34-36-38-40-42-44-50(65)49(62-53(66)45-43-41-39-37-35-33-31-28-20-18-16-14-12-10-8-6-4-2)48-72-60-58(71)56(69)59(52(47-64)74-60)75-61-57(70)55(68)54(67)51(46-63)73-61/h6,8,12,14,18,20,27,29,31,33-34,36,42,44,49-52,54-61,63-65,67-71H,3-5,7,9-11,13,15-17,19,21-26,28,30,32,35,37-41,43,45-48H2,1-2H3,(H,62,66)/b8-6-,14-12-,20-18-,29-27+,33-31-,36-34+,44-42+. The molecule has 0 aromatic heterocycles. The molecule has 0 aliphatic carbocycles. The van der Waals surface area contributed by atoms with Crippen molar-refractivity contribution < 1.29 is 64.6 Å². The van der Waals surface area contributed by atoms with Gasteiger partial charge in [0.2, 0.25) is 5.91 Å². The van der Waals surface area contributed by atoms with Crippen LogP contribution >= 0.6 is 0 Å². The fourth-order valence-electron chi connectivity index (χ4n) is 9.08. The minimum atomic E-state index is -1.80. The van der Waals surface area contributed by atoms with Crippen molar-refractivity contribution in [3.8, 4) is 0 Å². The summed E-state index contributed by atoms with van der Waals surface area (Å²) in [4.78, 5) is 13.2. The molecule has 9 N–H and O–H groups in total. The zero-order valence-electron chi connectivity index (χ0n) is 46.3. The highest BCUT2D eigenvalue weighted by atomic mass is 16.7. The number of ether oxygens (including phenoxy) is 4. The fourth-order valence-corrected chi connectivity index (χ4v) is 9.08. The summed E-state index contributed by atoms with van der Waals surface area (Å²) in [6.45, 7) is 2.63. The van der Waals surface area contributed by atoms with Gasteiger partial charge in [0.25, 0.3) is 0 Å². The van der Waals surface area contributed by atoms with E-state index in [-0.39, 0.29) is 18.9 Å². The van der Waals surface area contributed by atoms with Gasteiger partial charge in [-0.25, -0.2) is 0 Å². The van der Waals surface area contributed by atoms with Crippen LogP contribution in [-0.4, -0.2) is 140 Å². The van der Waals surface area contributed by atoms with Crippen molar-refractivity contribution in [3.05, 3.63) is 85.1 Å². The summed E-state index contributed by atoms with van der Waals surface area (Å²) < 4.78 is 22.7. The number of hydrogen-bond donors (Lipinski definition) is 9. The molecular weight excluding hydrogens is 955 g/mol. The number of carbonyl (C=O) groups excluding carboxylic acids is 1. The second kappa shape index (κ2) is 46.1. The van der Waals surface area contributed by atoms with Crippen molar-refractivity contribution in [1.29, 1.82) is 0 Å². The monoisotopic (exact) mass is 1060 g/mol. The van der Waals surface area contributed by atoms with Gasteiger partial charge < -0.3 is 65.1 Å². The van der Waals surface area contributed by atoms with E-state index in [1.807, 2.05) is 6.08 Å². The second-order valence-electron chi connectivity index (χ2n) is 20.4. The van der Waals surface area contributed by atoms with Crippen molar-refractivity contribution in [2.45, 2.75) is 274 Å². The molecule has 1 amide bonds. The van der Waals surface area contributed by atoms with E-state index in [4.69, 9.17) is 18.9 Å². The number of aliphatic hydroxyl groups excluding tert-OH is 8. The van der Waals surface area contributed by atoms with Gasteiger partial charge in [0, 0.05) is 6.42 Å². The topological polar surface area (TPSA) is 228 Å². The van der Waals surface area contributed by atoms with Gasteiger partial charge in [-0.15, -0.1) is 0 Å². The Morgan fingerprint density at radius 2 is 0.933 bits per heavy atom. The van der Waals surface area contributed by atoms with Crippen molar-refractivity contribution in [2.75, 3.05) is 19.8 Å². The molecule has 12 atom stereocenters. The predicted octanol–water partition coefficient (Wildman–Crippen LogP) is 9.72. The number of allylic oxidation sites excluding steroid dienone is 13. The van der Waals surface area contributed by atoms with Gasteiger partial charge in [-0.3, -0.25) is 4.79 Å². The fraction of sp³-hybridized carbons (Fsp3) is 0.754. The largest absolute Gasteiger partial charge is 0.394 e. The Labute approximate surface area is 452 Å². The van der Waals surface area contributed by atoms with E-state index in [0.717, 1.165) is 77.0 Å². The summed E-state index contributed by atoms with van der Waals surface area (Å²) in [6, 6.07) is -0.956. The van der Waals surface area contributed by atoms with E-state index in [9.17, 15) is 45.6 Å². The van der Waals surface area contributed by atoms with Crippen LogP contribution in [-0.2, 0) is 23.7 Å². The number of amides is 1. The lowest BCUT2D eigenvalue weighted by Crippen LogP contribution is -2.65. The number of rotatable bonds is 45. The molecular formula is C61H105NO13. The van der Waals surface area contributed by atoms with Gasteiger partial charge in [0.1, 0.15) is 48.8 Å². The Kier molecular flexibility index (Phi) is 42.0. The highest BCUT2D eigenvalue weighted by Crippen LogP contribution is 2.30. The molecule has 2 aliphatic rings. The molecule has 0 radical (unpaired) electrons.